The highest BCUT2D eigenvalue weighted by atomic mass is 35.5. The van der Waals surface area contributed by atoms with Crippen LogP contribution in [0.15, 0.2) is 30.4 Å². The fraction of sp³-hybridized carbons (Fsp3) is 0.429. The second-order valence-electron chi connectivity index (χ2n) is 3.53. The maximum atomic E-state index is 5.55. The Morgan fingerprint density at radius 2 is 1.83 bits per heavy atom. The molecule has 18 heavy (non-hydrogen) atoms. The first-order valence-electron chi connectivity index (χ1n) is 6.16. The fourth-order valence-electron chi connectivity index (χ4n) is 1.48. The van der Waals surface area contributed by atoms with Gasteiger partial charge in [-0.05, 0) is 26.0 Å². The smallest absolute Gasteiger partial charge is 0.163 e. The zero-order chi connectivity index (χ0) is 13.2. The van der Waals surface area contributed by atoms with Crippen LogP contribution in [-0.2, 0) is 0 Å². The van der Waals surface area contributed by atoms with Gasteiger partial charge in [0.05, 0.1) is 13.2 Å². The maximum absolute atomic E-state index is 5.55. The predicted octanol–water partition coefficient (Wildman–Crippen LogP) is 3.69. The van der Waals surface area contributed by atoms with E-state index in [0.29, 0.717) is 19.1 Å². The number of halogens is 1. The van der Waals surface area contributed by atoms with E-state index in [1.54, 1.807) is 0 Å². The summed E-state index contributed by atoms with van der Waals surface area (Å²) in [5.74, 6) is 2.08. The van der Waals surface area contributed by atoms with E-state index in [9.17, 15) is 0 Å². The molecule has 0 bridgehead atoms. The Morgan fingerprint density at radius 1 is 1.11 bits per heavy atom. The van der Waals surface area contributed by atoms with Crippen LogP contribution in [-0.4, -0.2) is 25.6 Å². The van der Waals surface area contributed by atoms with Gasteiger partial charge in [0.15, 0.2) is 11.5 Å². The van der Waals surface area contributed by atoms with Gasteiger partial charge in [-0.1, -0.05) is 12.2 Å². The lowest BCUT2D eigenvalue weighted by molar-refractivity contribution is 0.288. The van der Waals surface area contributed by atoms with Gasteiger partial charge in [0, 0.05) is 24.2 Å². The SMILES string of the molecule is CCOc1ccc(NC/C=C/CCl)cc1OCC. The Labute approximate surface area is 114 Å². The lowest BCUT2D eigenvalue weighted by Gasteiger charge is -2.12. The third-order valence-corrected chi connectivity index (χ3v) is 2.40. The summed E-state index contributed by atoms with van der Waals surface area (Å²) in [5.41, 5.74) is 1.00. The molecule has 0 amide bonds. The zero-order valence-corrected chi connectivity index (χ0v) is 11.7. The van der Waals surface area contributed by atoms with Gasteiger partial charge in [0.1, 0.15) is 0 Å². The first kappa shape index (κ1) is 14.7. The van der Waals surface area contributed by atoms with Crippen LogP contribution >= 0.6 is 11.6 Å². The maximum Gasteiger partial charge on any atom is 0.163 e. The Morgan fingerprint density at radius 3 is 2.50 bits per heavy atom. The zero-order valence-electron chi connectivity index (χ0n) is 10.9. The number of nitrogens with one attached hydrogen (secondary N) is 1. The van der Waals surface area contributed by atoms with Crippen molar-refractivity contribution in [2.75, 3.05) is 31.0 Å². The second-order valence-corrected chi connectivity index (χ2v) is 3.84. The first-order valence-corrected chi connectivity index (χ1v) is 6.69. The van der Waals surface area contributed by atoms with E-state index in [-0.39, 0.29) is 0 Å². The van der Waals surface area contributed by atoms with Crippen LogP contribution < -0.4 is 14.8 Å². The Hall–Kier alpha value is -1.35. The molecule has 4 heteroatoms. The van der Waals surface area contributed by atoms with Crippen molar-refractivity contribution in [1.82, 2.24) is 0 Å². The molecule has 0 saturated carbocycles. The quantitative estimate of drug-likeness (QED) is 0.577. The van der Waals surface area contributed by atoms with Gasteiger partial charge in [0.25, 0.3) is 0 Å². The minimum atomic E-state index is 0.537. The molecule has 0 aliphatic rings. The third kappa shape index (κ3) is 4.88. The lowest BCUT2D eigenvalue weighted by Crippen LogP contribution is -2.02. The molecule has 0 unspecified atom stereocenters. The van der Waals surface area contributed by atoms with Gasteiger partial charge >= 0.3 is 0 Å². The Bertz CT molecular complexity index is 380. The molecule has 1 N–H and O–H groups in total. The third-order valence-electron chi connectivity index (χ3n) is 2.22. The minimum Gasteiger partial charge on any atom is -0.490 e. The number of rotatable bonds is 8. The molecule has 0 atom stereocenters. The van der Waals surface area contributed by atoms with E-state index in [1.807, 2.05) is 44.2 Å². The summed E-state index contributed by atoms with van der Waals surface area (Å²) in [5, 5.41) is 3.27. The number of hydrogen-bond donors (Lipinski definition) is 1. The predicted molar refractivity (Wildman–Crippen MR) is 77.1 cm³/mol. The van der Waals surface area contributed by atoms with Crippen LogP contribution in [0.3, 0.4) is 0 Å². The van der Waals surface area contributed by atoms with Crippen LogP contribution in [0, 0.1) is 0 Å². The van der Waals surface area contributed by atoms with E-state index in [2.05, 4.69) is 5.32 Å². The average Bonchev–Trinajstić information content (AvgIpc) is 2.38. The highest BCUT2D eigenvalue weighted by Crippen LogP contribution is 2.30. The molecule has 0 aromatic heterocycles. The van der Waals surface area contributed by atoms with Gasteiger partial charge in [-0.25, -0.2) is 0 Å². The molecular weight excluding hydrogens is 250 g/mol. The van der Waals surface area contributed by atoms with Gasteiger partial charge < -0.3 is 14.8 Å². The van der Waals surface area contributed by atoms with Gasteiger partial charge in [-0.2, -0.15) is 0 Å². The van der Waals surface area contributed by atoms with Gasteiger partial charge in [0.2, 0.25) is 0 Å². The summed E-state index contributed by atoms with van der Waals surface area (Å²) >= 11 is 5.55. The van der Waals surface area contributed by atoms with Crippen LogP contribution in [0.25, 0.3) is 0 Å². The Balaban J connectivity index is 2.69. The summed E-state index contributed by atoms with van der Waals surface area (Å²) in [7, 11) is 0. The number of benzene rings is 1. The lowest BCUT2D eigenvalue weighted by atomic mass is 10.2. The molecule has 0 aliphatic heterocycles. The molecule has 3 nitrogen and oxygen atoms in total. The number of hydrogen-bond acceptors (Lipinski definition) is 3. The van der Waals surface area contributed by atoms with Crippen molar-refractivity contribution in [3.63, 3.8) is 0 Å². The summed E-state index contributed by atoms with van der Waals surface area (Å²) in [4.78, 5) is 0. The number of anilines is 1. The van der Waals surface area contributed by atoms with Gasteiger partial charge in [-0.15, -0.1) is 11.6 Å². The molecule has 0 aliphatic carbocycles. The summed E-state index contributed by atoms with van der Waals surface area (Å²) in [6.07, 6.45) is 3.90. The topological polar surface area (TPSA) is 30.5 Å². The van der Waals surface area contributed by atoms with Gasteiger partial charge in [-0.3, -0.25) is 0 Å². The van der Waals surface area contributed by atoms with E-state index < -0.39 is 0 Å². The molecule has 0 heterocycles. The molecule has 1 aromatic carbocycles. The van der Waals surface area contributed by atoms with Crippen molar-refractivity contribution in [3.8, 4) is 11.5 Å². The van der Waals surface area contributed by atoms with Crippen molar-refractivity contribution in [2.24, 2.45) is 0 Å². The molecular formula is C14H20ClNO2. The van der Waals surface area contributed by atoms with E-state index in [1.165, 1.54) is 0 Å². The molecule has 100 valence electrons. The second kappa shape index (κ2) is 8.70. The first-order chi connectivity index (χ1) is 8.81. The number of allylic oxidation sites excluding steroid dienone is 1. The van der Waals surface area contributed by atoms with Crippen molar-refractivity contribution < 1.29 is 9.47 Å². The molecule has 0 fully saturated rings. The molecule has 1 rings (SSSR count). The number of ether oxygens (including phenoxy) is 2. The van der Waals surface area contributed by atoms with E-state index >= 15 is 0 Å². The minimum absolute atomic E-state index is 0.537. The van der Waals surface area contributed by atoms with Crippen LogP contribution in [0.1, 0.15) is 13.8 Å². The molecule has 0 radical (unpaired) electrons. The molecule has 0 spiro atoms. The van der Waals surface area contributed by atoms with Crippen molar-refractivity contribution >= 4 is 17.3 Å². The normalized spacial score (nSPS) is 10.6. The average molecular weight is 270 g/mol. The number of alkyl halides is 1. The molecule has 0 saturated heterocycles. The Kier molecular flexibility index (Phi) is 7.11. The van der Waals surface area contributed by atoms with Crippen LogP contribution in [0.4, 0.5) is 5.69 Å². The fourth-order valence-corrected chi connectivity index (χ4v) is 1.61. The highest BCUT2D eigenvalue weighted by molar-refractivity contribution is 6.18. The van der Waals surface area contributed by atoms with E-state index in [4.69, 9.17) is 21.1 Å². The molecule has 1 aromatic rings. The summed E-state index contributed by atoms with van der Waals surface area (Å²) in [6, 6.07) is 5.84. The standard InChI is InChI=1S/C14H20ClNO2/c1-3-17-13-8-7-12(11-14(13)18-4-2)16-10-6-5-9-15/h5-8,11,16H,3-4,9-10H2,1-2H3/b6-5+. The monoisotopic (exact) mass is 269 g/mol. The van der Waals surface area contributed by atoms with Crippen molar-refractivity contribution in [2.45, 2.75) is 13.8 Å². The van der Waals surface area contributed by atoms with Crippen LogP contribution in [0.5, 0.6) is 11.5 Å². The van der Waals surface area contributed by atoms with Crippen LogP contribution in [0.2, 0.25) is 0 Å². The van der Waals surface area contributed by atoms with E-state index in [0.717, 1.165) is 23.7 Å². The highest BCUT2D eigenvalue weighted by Gasteiger charge is 2.05. The largest absolute Gasteiger partial charge is 0.490 e. The van der Waals surface area contributed by atoms with Crippen molar-refractivity contribution in [1.29, 1.82) is 0 Å². The van der Waals surface area contributed by atoms with Crippen molar-refractivity contribution in [3.05, 3.63) is 30.4 Å². The summed E-state index contributed by atoms with van der Waals surface area (Å²) in [6.45, 7) is 5.91. The summed E-state index contributed by atoms with van der Waals surface area (Å²) < 4.78 is 11.1.